The molecule has 1 saturated heterocycles. The SMILES string of the molecule is C=CCC1COP(Cl)OC1. The van der Waals surface area contributed by atoms with Crippen LogP contribution in [0, 0.1) is 5.92 Å². The molecule has 0 bridgehead atoms. The van der Waals surface area contributed by atoms with Gasteiger partial charge < -0.3 is 9.05 Å². The van der Waals surface area contributed by atoms with Crippen molar-refractivity contribution in [2.75, 3.05) is 13.2 Å². The van der Waals surface area contributed by atoms with Gasteiger partial charge in [-0.1, -0.05) is 6.08 Å². The van der Waals surface area contributed by atoms with Gasteiger partial charge in [0.15, 0.2) is 0 Å². The highest BCUT2D eigenvalue weighted by Crippen LogP contribution is 2.47. The van der Waals surface area contributed by atoms with Crippen molar-refractivity contribution in [1.29, 1.82) is 0 Å². The summed E-state index contributed by atoms with van der Waals surface area (Å²) >= 11 is 5.58. The molecule has 10 heavy (non-hydrogen) atoms. The molecule has 1 aliphatic rings. The first-order valence-corrected chi connectivity index (χ1v) is 5.24. The third-order valence-corrected chi connectivity index (χ3v) is 2.61. The van der Waals surface area contributed by atoms with E-state index < -0.39 is 7.73 Å². The highest BCUT2D eigenvalue weighted by molar-refractivity contribution is 7.76. The highest BCUT2D eigenvalue weighted by Gasteiger charge is 2.19. The van der Waals surface area contributed by atoms with E-state index in [4.69, 9.17) is 20.3 Å². The Kier molecular flexibility index (Phi) is 3.64. The molecule has 0 aliphatic carbocycles. The molecule has 0 aromatic rings. The molecule has 4 heteroatoms. The van der Waals surface area contributed by atoms with Crippen molar-refractivity contribution in [2.45, 2.75) is 6.42 Å². The summed E-state index contributed by atoms with van der Waals surface area (Å²) in [5.41, 5.74) is 0. The number of halogens is 1. The predicted octanol–water partition coefficient (Wildman–Crippen LogP) is 2.69. The summed E-state index contributed by atoms with van der Waals surface area (Å²) in [6.45, 7) is 5.05. The maximum Gasteiger partial charge on any atom is 0.276 e. The fourth-order valence-corrected chi connectivity index (χ4v) is 1.85. The first-order valence-electron chi connectivity index (χ1n) is 3.15. The predicted molar refractivity (Wildman–Crippen MR) is 43.0 cm³/mol. The number of allylic oxidation sites excluding steroid dienone is 1. The van der Waals surface area contributed by atoms with Gasteiger partial charge >= 0.3 is 0 Å². The molecule has 0 saturated carbocycles. The molecule has 0 N–H and O–H groups in total. The van der Waals surface area contributed by atoms with Crippen LogP contribution in [0.25, 0.3) is 0 Å². The Morgan fingerprint density at radius 1 is 1.60 bits per heavy atom. The standard InChI is InChI=1S/C6H10ClO2P/c1-2-3-6-4-8-10(7)9-5-6/h2,6H,1,3-5H2. The summed E-state index contributed by atoms with van der Waals surface area (Å²) in [7, 11) is -1.09. The van der Waals surface area contributed by atoms with E-state index >= 15 is 0 Å². The van der Waals surface area contributed by atoms with E-state index in [1.54, 1.807) is 0 Å². The zero-order valence-corrected chi connectivity index (χ0v) is 7.28. The van der Waals surface area contributed by atoms with E-state index in [9.17, 15) is 0 Å². The molecule has 0 aromatic carbocycles. The number of hydrogen-bond donors (Lipinski definition) is 0. The Bertz CT molecular complexity index is 112. The second kappa shape index (κ2) is 4.30. The summed E-state index contributed by atoms with van der Waals surface area (Å²) in [5, 5.41) is 0. The molecule has 1 fully saturated rings. The Morgan fingerprint density at radius 2 is 2.20 bits per heavy atom. The van der Waals surface area contributed by atoms with Crippen molar-refractivity contribution in [3.05, 3.63) is 12.7 Å². The number of hydrogen-bond acceptors (Lipinski definition) is 2. The van der Waals surface area contributed by atoms with Crippen LogP contribution in [0.2, 0.25) is 0 Å². The van der Waals surface area contributed by atoms with Crippen molar-refractivity contribution in [1.82, 2.24) is 0 Å². The van der Waals surface area contributed by atoms with Gasteiger partial charge in [-0.05, 0) is 17.7 Å². The lowest BCUT2D eigenvalue weighted by atomic mass is 10.1. The van der Waals surface area contributed by atoms with Gasteiger partial charge in [0.2, 0.25) is 0 Å². The molecule has 0 aromatic heterocycles. The summed E-state index contributed by atoms with van der Waals surface area (Å²) in [6.07, 6.45) is 2.82. The van der Waals surface area contributed by atoms with Crippen LogP contribution in [0.5, 0.6) is 0 Å². The first-order chi connectivity index (χ1) is 4.83. The van der Waals surface area contributed by atoms with Crippen LogP contribution < -0.4 is 0 Å². The molecule has 0 spiro atoms. The van der Waals surface area contributed by atoms with Crippen molar-refractivity contribution in [2.24, 2.45) is 5.92 Å². The molecular weight excluding hydrogens is 170 g/mol. The van der Waals surface area contributed by atoms with Crippen molar-refractivity contribution >= 4 is 19.0 Å². The summed E-state index contributed by atoms with van der Waals surface area (Å²) < 4.78 is 10.2. The average Bonchev–Trinajstić information content (AvgIpc) is 1.95. The van der Waals surface area contributed by atoms with E-state index in [1.807, 2.05) is 6.08 Å². The molecule has 0 atom stereocenters. The van der Waals surface area contributed by atoms with Crippen LogP contribution in [0.1, 0.15) is 6.42 Å². The molecule has 58 valence electrons. The first kappa shape index (κ1) is 8.48. The third kappa shape index (κ3) is 2.55. The van der Waals surface area contributed by atoms with Crippen LogP contribution in [0.4, 0.5) is 0 Å². The second-order valence-electron chi connectivity index (χ2n) is 2.19. The fraction of sp³-hybridized carbons (Fsp3) is 0.667. The largest absolute Gasteiger partial charge is 0.322 e. The topological polar surface area (TPSA) is 18.5 Å². The normalized spacial score (nSPS) is 33.7. The van der Waals surface area contributed by atoms with E-state index in [1.165, 1.54) is 0 Å². The van der Waals surface area contributed by atoms with Crippen molar-refractivity contribution < 1.29 is 9.05 Å². The minimum Gasteiger partial charge on any atom is -0.322 e. The average molecular weight is 181 g/mol. The van der Waals surface area contributed by atoms with E-state index in [2.05, 4.69) is 6.58 Å². The van der Waals surface area contributed by atoms with Crippen molar-refractivity contribution in [3.8, 4) is 0 Å². The second-order valence-corrected chi connectivity index (χ2v) is 3.96. The zero-order valence-electron chi connectivity index (χ0n) is 5.62. The summed E-state index contributed by atoms with van der Waals surface area (Å²) in [6, 6.07) is 0. The van der Waals surface area contributed by atoms with Gasteiger partial charge in [0, 0.05) is 5.92 Å². The minimum atomic E-state index is -1.09. The monoisotopic (exact) mass is 180 g/mol. The van der Waals surface area contributed by atoms with E-state index in [0.717, 1.165) is 6.42 Å². The molecule has 2 nitrogen and oxygen atoms in total. The number of rotatable bonds is 2. The van der Waals surface area contributed by atoms with Gasteiger partial charge in [-0.2, -0.15) is 0 Å². The molecule has 1 rings (SSSR count). The lowest BCUT2D eigenvalue weighted by Crippen LogP contribution is -2.17. The highest BCUT2D eigenvalue weighted by atomic mass is 35.7. The summed E-state index contributed by atoms with van der Waals surface area (Å²) in [5.74, 6) is 0.454. The Hall–Kier alpha value is 0.380. The van der Waals surface area contributed by atoms with Crippen molar-refractivity contribution in [3.63, 3.8) is 0 Å². The van der Waals surface area contributed by atoms with Gasteiger partial charge in [0.05, 0.1) is 13.2 Å². The van der Waals surface area contributed by atoms with Crippen LogP contribution in [0.3, 0.4) is 0 Å². The van der Waals surface area contributed by atoms with Gasteiger partial charge in [0.25, 0.3) is 7.73 Å². The Balaban J connectivity index is 2.19. The Morgan fingerprint density at radius 3 is 2.70 bits per heavy atom. The minimum absolute atomic E-state index is 0.454. The molecule has 0 radical (unpaired) electrons. The van der Waals surface area contributed by atoms with Crippen LogP contribution in [-0.2, 0) is 9.05 Å². The quantitative estimate of drug-likeness (QED) is 0.481. The maximum atomic E-state index is 5.58. The maximum absolute atomic E-state index is 5.58. The lowest BCUT2D eigenvalue weighted by Gasteiger charge is -2.23. The lowest BCUT2D eigenvalue weighted by molar-refractivity contribution is 0.129. The van der Waals surface area contributed by atoms with Gasteiger partial charge in [0.1, 0.15) is 0 Å². The van der Waals surface area contributed by atoms with Gasteiger partial charge in [-0.3, -0.25) is 0 Å². The van der Waals surface area contributed by atoms with E-state index in [-0.39, 0.29) is 0 Å². The molecule has 1 heterocycles. The van der Waals surface area contributed by atoms with Crippen LogP contribution >= 0.6 is 19.0 Å². The van der Waals surface area contributed by atoms with Gasteiger partial charge in [-0.25, -0.2) is 0 Å². The van der Waals surface area contributed by atoms with E-state index in [0.29, 0.717) is 19.1 Å². The third-order valence-electron chi connectivity index (χ3n) is 1.32. The smallest absolute Gasteiger partial charge is 0.276 e. The molecular formula is C6H10ClO2P. The Labute approximate surface area is 66.9 Å². The molecule has 0 amide bonds. The fourth-order valence-electron chi connectivity index (χ4n) is 0.785. The summed E-state index contributed by atoms with van der Waals surface area (Å²) in [4.78, 5) is 0. The molecule has 0 unspecified atom stereocenters. The zero-order chi connectivity index (χ0) is 7.40. The van der Waals surface area contributed by atoms with Crippen LogP contribution in [-0.4, -0.2) is 13.2 Å². The molecule has 1 aliphatic heterocycles. The van der Waals surface area contributed by atoms with Gasteiger partial charge in [-0.15, -0.1) is 6.58 Å². The van der Waals surface area contributed by atoms with Crippen LogP contribution in [0.15, 0.2) is 12.7 Å².